The van der Waals surface area contributed by atoms with E-state index in [9.17, 15) is 4.79 Å². The number of anilines is 1. The molecule has 0 radical (unpaired) electrons. The third-order valence-corrected chi connectivity index (χ3v) is 2.52. The minimum Gasteiger partial charge on any atom is -0.306 e. The summed E-state index contributed by atoms with van der Waals surface area (Å²) in [6, 6.07) is 1.64. The van der Waals surface area contributed by atoms with Gasteiger partial charge in [-0.1, -0.05) is 25.4 Å². The zero-order valence-electron chi connectivity index (χ0n) is 9.94. The fraction of sp³-hybridized carbons (Fsp3) is 0.273. The van der Waals surface area contributed by atoms with Gasteiger partial charge < -0.3 is 5.32 Å². The Bertz CT molecular complexity index is 553. The van der Waals surface area contributed by atoms with Gasteiger partial charge >= 0.3 is 0 Å². The van der Waals surface area contributed by atoms with E-state index in [0.717, 1.165) is 0 Å². The van der Waals surface area contributed by atoms with Gasteiger partial charge in [0.2, 0.25) is 0 Å². The molecule has 2 heterocycles. The maximum atomic E-state index is 12.0. The van der Waals surface area contributed by atoms with Gasteiger partial charge in [-0.05, 0) is 0 Å². The molecule has 0 spiro atoms. The van der Waals surface area contributed by atoms with Gasteiger partial charge in [-0.15, -0.1) is 0 Å². The Hall–Kier alpha value is -1.95. The van der Waals surface area contributed by atoms with Crippen molar-refractivity contribution in [1.29, 1.82) is 0 Å². The van der Waals surface area contributed by atoms with Crippen LogP contribution in [0.25, 0.3) is 0 Å². The van der Waals surface area contributed by atoms with Crippen LogP contribution in [0.3, 0.4) is 0 Å². The first-order valence-corrected chi connectivity index (χ1v) is 5.79. The van der Waals surface area contributed by atoms with Gasteiger partial charge in [0.25, 0.3) is 5.91 Å². The second-order valence-electron chi connectivity index (χ2n) is 4.00. The van der Waals surface area contributed by atoms with Gasteiger partial charge in [-0.25, -0.2) is 9.97 Å². The zero-order chi connectivity index (χ0) is 13.1. The molecular formula is C11H12ClN5O. The number of aromatic nitrogens is 4. The smallest absolute Gasteiger partial charge is 0.277 e. The lowest BCUT2D eigenvalue weighted by molar-refractivity contribution is 0.102. The topological polar surface area (TPSA) is 83.6 Å². The van der Waals surface area contributed by atoms with Crippen molar-refractivity contribution in [1.82, 2.24) is 20.2 Å². The number of nitrogens with one attached hydrogen (secondary N) is 2. The van der Waals surface area contributed by atoms with Crippen LogP contribution in [0, 0.1) is 0 Å². The van der Waals surface area contributed by atoms with E-state index < -0.39 is 5.91 Å². The normalized spacial score (nSPS) is 10.7. The van der Waals surface area contributed by atoms with E-state index in [1.807, 2.05) is 13.8 Å². The van der Waals surface area contributed by atoms with E-state index in [1.54, 1.807) is 6.07 Å². The number of amides is 1. The third-order valence-electron chi connectivity index (χ3n) is 2.24. The SMILES string of the molecule is CC(C)c1ncc(Cl)c(C(=O)Nc2ccn[nH]2)n1. The lowest BCUT2D eigenvalue weighted by Crippen LogP contribution is -2.16. The van der Waals surface area contributed by atoms with Crippen molar-refractivity contribution < 1.29 is 4.79 Å². The predicted molar refractivity (Wildman–Crippen MR) is 67.7 cm³/mol. The predicted octanol–water partition coefficient (Wildman–Crippen LogP) is 2.23. The summed E-state index contributed by atoms with van der Waals surface area (Å²) in [7, 11) is 0. The summed E-state index contributed by atoms with van der Waals surface area (Å²) >= 11 is 5.92. The first-order valence-electron chi connectivity index (χ1n) is 5.41. The molecule has 1 amide bonds. The van der Waals surface area contributed by atoms with E-state index in [2.05, 4.69) is 25.5 Å². The highest BCUT2D eigenvalue weighted by molar-refractivity contribution is 6.33. The molecule has 2 aromatic rings. The number of nitrogens with zero attached hydrogens (tertiary/aromatic N) is 3. The second kappa shape index (κ2) is 5.14. The zero-order valence-corrected chi connectivity index (χ0v) is 10.7. The van der Waals surface area contributed by atoms with Crippen molar-refractivity contribution in [3.05, 3.63) is 35.0 Å². The van der Waals surface area contributed by atoms with Crippen LogP contribution in [0.15, 0.2) is 18.5 Å². The van der Waals surface area contributed by atoms with Gasteiger partial charge in [0.15, 0.2) is 5.69 Å². The van der Waals surface area contributed by atoms with Crippen LogP contribution >= 0.6 is 11.6 Å². The molecule has 6 nitrogen and oxygen atoms in total. The molecule has 2 rings (SSSR count). The maximum absolute atomic E-state index is 12.0. The molecule has 2 aromatic heterocycles. The monoisotopic (exact) mass is 265 g/mol. The molecule has 0 aliphatic rings. The lowest BCUT2D eigenvalue weighted by Gasteiger charge is -2.07. The first kappa shape index (κ1) is 12.5. The molecule has 0 unspecified atom stereocenters. The summed E-state index contributed by atoms with van der Waals surface area (Å²) in [5, 5.41) is 9.19. The summed E-state index contributed by atoms with van der Waals surface area (Å²) in [6.45, 7) is 3.89. The van der Waals surface area contributed by atoms with E-state index in [-0.39, 0.29) is 16.6 Å². The fourth-order valence-electron chi connectivity index (χ4n) is 1.33. The average Bonchev–Trinajstić information content (AvgIpc) is 2.81. The van der Waals surface area contributed by atoms with Gasteiger partial charge in [0.05, 0.1) is 17.4 Å². The minimum absolute atomic E-state index is 0.126. The summed E-state index contributed by atoms with van der Waals surface area (Å²) in [5.74, 6) is 0.796. The highest BCUT2D eigenvalue weighted by Crippen LogP contribution is 2.17. The highest BCUT2D eigenvalue weighted by atomic mass is 35.5. The highest BCUT2D eigenvalue weighted by Gasteiger charge is 2.15. The van der Waals surface area contributed by atoms with Crippen LogP contribution in [0.4, 0.5) is 5.82 Å². The molecule has 0 saturated heterocycles. The van der Waals surface area contributed by atoms with Gasteiger partial charge in [0, 0.05) is 12.0 Å². The first-order chi connectivity index (χ1) is 8.58. The number of carbonyl (C=O) groups excluding carboxylic acids is 1. The number of H-pyrrole nitrogens is 1. The summed E-state index contributed by atoms with van der Waals surface area (Å²) in [5.41, 5.74) is 0.157. The molecule has 0 bridgehead atoms. The van der Waals surface area contributed by atoms with Crippen molar-refractivity contribution in [3.63, 3.8) is 0 Å². The van der Waals surface area contributed by atoms with E-state index in [0.29, 0.717) is 11.6 Å². The van der Waals surface area contributed by atoms with Crippen molar-refractivity contribution in [2.45, 2.75) is 19.8 Å². The van der Waals surface area contributed by atoms with Crippen LogP contribution in [0.2, 0.25) is 5.02 Å². The van der Waals surface area contributed by atoms with Crippen LogP contribution in [0.1, 0.15) is 36.1 Å². The van der Waals surface area contributed by atoms with E-state index >= 15 is 0 Å². The quantitative estimate of drug-likeness (QED) is 0.891. The second-order valence-corrected chi connectivity index (χ2v) is 4.41. The number of hydrogen-bond acceptors (Lipinski definition) is 4. The van der Waals surface area contributed by atoms with Crippen LogP contribution < -0.4 is 5.32 Å². The number of halogens is 1. The molecule has 2 N–H and O–H groups in total. The summed E-state index contributed by atoms with van der Waals surface area (Å²) < 4.78 is 0. The summed E-state index contributed by atoms with van der Waals surface area (Å²) in [4.78, 5) is 20.2. The van der Waals surface area contributed by atoms with Crippen molar-refractivity contribution in [2.24, 2.45) is 0 Å². The molecular weight excluding hydrogens is 254 g/mol. The Morgan fingerprint density at radius 3 is 2.89 bits per heavy atom. The molecule has 0 fully saturated rings. The summed E-state index contributed by atoms with van der Waals surface area (Å²) in [6.07, 6.45) is 2.97. The van der Waals surface area contributed by atoms with Crippen LogP contribution in [-0.4, -0.2) is 26.1 Å². The average molecular weight is 266 g/mol. The number of rotatable bonds is 3. The number of hydrogen-bond donors (Lipinski definition) is 2. The van der Waals surface area contributed by atoms with Gasteiger partial charge in [0.1, 0.15) is 11.6 Å². The van der Waals surface area contributed by atoms with Gasteiger partial charge in [-0.3, -0.25) is 9.89 Å². The molecule has 7 heteroatoms. The van der Waals surface area contributed by atoms with Crippen LogP contribution in [0.5, 0.6) is 0 Å². The Morgan fingerprint density at radius 2 is 2.28 bits per heavy atom. The lowest BCUT2D eigenvalue weighted by atomic mass is 10.2. The Morgan fingerprint density at radius 1 is 1.50 bits per heavy atom. The molecule has 0 atom stereocenters. The molecule has 0 saturated carbocycles. The fourth-order valence-corrected chi connectivity index (χ4v) is 1.50. The molecule has 18 heavy (non-hydrogen) atoms. The molecule has 0 aliphatic carbocycles. The molecule has 0 aliphatic heterocycles. The molecule has 94 valence electrons. The van der Waals surface area contributed by atoms with Crippen LogP contribution in [-0.2, 0) is 0 Å². The largest absolute Gasteiger partial charge is 0.306 e. The number of carbonyl (C=O) groups is 1. The third kappa shape index (κ3) is 2.65. The Balaban J connectivity index is 2.26. The number of aromatic amines is 1. The minimum atomic E-state index is -0.395. The van der Waals surface area contributed by atoms with Crippen molar-refractivity contribution >= 4 is 23.3 Å². The standard InChI is InChI=1S/C11H12ClN5O/c1-6(2)10-13-5-7(12)9(16-10)11(18)15-8-3-4-14-17-8/h3-6H,1-2H3,(H2,14,15,17,18). The Labute approximate surface area is 109 Å². The van der Waals surface area contributed by atoms with Crippen molar-refractivity contribution in [3.8, 4) is 0 Å². The van der Waals surface area contributed by atoms with E-state index in [1.165, 1.54) is 12.4 Å². The van der Waals surface area contributed by atoms with E-state index in [4.69, 9.17) is 11.6 Å². The van der Waals surface area contributed by atoms with Crippen molar-refractivity contribution in [2.75, 3.05) is 5.32 Å². The maximum Gasteiger partial charge on any atom is 0.277 e. The Kier molecular flexibility index (Phi) is 3.57. The van der Waals surface area contributed by atoms with Gasteiger partial charge in [-0.2, -0.15) is 5.10 Å². The molecule has 0 aromatic carbocycles.